The number of ether oxygens (including phenoxy) is 1. The van der Waals surface area contributed by atoms with E-state index in [2.05, 4.69) is 9.71 Å². The third-order valence-corrected chi connectivity index (χ3v) is 4.74. The number of rotatable bonds is 4. The first-order valence-corrected chi connectivity index (χ1v) is 8.00. The molecule has 0 spiro atoms. The molecule has 112 valence electrons. The predicted molar refractivity (Wildman–Crippen MR) is 82.5 cm³/mol. The highest BCUT2D eigenvalue weighted by Crippen LogP contribution is 2.31. The number of sulfonamides is 1. The first-order chi connectivity index (χ1) is 9.85. The number of nitrogens with zero attached hydrogens (tertiary/aromatic N) is 1. The molecule has 0 saturated carbocycles. The van der Waals surface area contributed by atoms with Crippen molar-refractivity contribution in [2.24, 2.45) is 0 Å². The lowest BCUT2D eigenvalue weighted by atomic mass is 10.2. The summed E-state index contributed by atoms with van der Waals surface area (Å²) in [5, 5.41) is 0.355. The smallest absolute Gasteiger partial charge is 0.266 e. The van der Waals surface area contributed by atoms with E-state index in [1.54, 1.807) is 32.0 Å². The van der Waals surface area contributed by atoms with Gasteiger partial charge < -0.3 is 4.74 Å². The molecule has 0 fully saturated rings. The fourth-order valence-electron chi connectivity index (χ4n) is 1.78. The van der Waals surface area contributed by atoms with Gasteiger partial charge in [-0.05, 0) is 43.2 Å². The number of hydrogen-bond donors (Lipinski definition) is 1. The zero-order valence-electron chi connectivity index (χ0n) is 11.8. The fraction of sp³-hybridized carbons (Fsp3) is 0.214. The highest BCUT2D eigenvalue weighted by Gasteiger charge is 2.22. The first kappa shape index (κ1) is 15.6. The van der Waals surface area contributed by atoms with Crippen molar-refractivity contribution in [2.75, 3.05) is 11.8 Å². The molecule has 0 bridgehead atoms. The Bertz CT molecular complexity index is 776. The summed E-state index contributed by atoms with van der Waals surface area (Å²) in [4.78, 5) is 4.00. The van der Waals surface area contributed by atoms with Crippen molar-refractivity contribution in [1.29, 1.82) is 0 Å². The molecule has 1 aromatic heterocycles. The van der Waals surface area contributed by atoms with Crippen LogP contribution in [0.1, 0.15) is 11.1 Å². The van der Waals surface area contributed by atoms with Crippen LogP contribution in [0.4, 0.5) is 5.82 Å². The van der Waals surface area contributed by atoms with Gasteiger partial charge in [0.1, 0.15) is 16.5 Å². The number of nitrogens with one attached hydrogen (secondary N) is 1. The maximum atomic E-state index is 12.5. The minimum atomic E-state index is -3.84. The molecule has 0 amide bonds. The minimum Gasteiger partial charge on any atom is -0.495 e. The summed E-state index contributed by atoms with van der Waals surface area (Å²) in [7, 11) is -2.43. The molecule has 2 rings (SSSR count). The molecule has 0 aliphatic heterocycles. The monoisotopic (exact) mass is 326 g/mol. The van der Waals surface area contributed by atoms with E-state index in [1.807, 2.05) is 0 Å². The summed E-state index contributed by atoms with van der Waals surface area (Å²) in [6.07, 6.45) is 1.52. The lowest BCUT2D eigenvalue weighted by Gasteiger charge is -2.13. The van der Waals surface area contributed by atoms with Crippen LogP contribution in [-0.2, 0) is 10.0 Å². The van der Waals surface area contributed by atoms with Gasteiger partial charge in [0, 0.05) is 11.2 Å². The topological polar surface area (TPSA) is 68.3 Å². The standard InChI is InChI=1S/C14H15ClN2O3S/c1-9-5-4-6-16-14(9)17-21(18,19)13-8-11(15)10(2)7-12(13)20-3/h4-8H,1-3H3,(H,16,17). The molecule has 5 nitrogen and oxygen atoms in total. The van der Waals surface area contributed by atoms with Crippen LogP contribution in [0.2, 0.25) is 5.02 Å². The van der Waals surface area contributed by atoms with Crippen LogP contribution >= 0.6 is 11.6 Å². The number of anilines is 1. The number of halogens is 1. The van der Waals surface area contributed by atoms with Crippen LogP contribution in [0.25, 0.3) is 0 Å². The highest BCUT2D eigenvalue weighted by atomic mass is 35.5. The molecule has 1 heterocycles. The summed E-state index contributed by atoms with van der Waals surface area (Å²) in [6, 6.07) is 6.46. The zero-order chi connectivity index (χ0) is 15.6. The van der Waals surface area contributed by atoms with Gasteiger partial charge in [0.2, 0.25) is 0 Å². The van der Waals surface area contributed by atoms with Crippen LogP contribution < -0.4 is 9.46 Å². The number of pyridine rings is 1. The molecule has 21 heavy (non-hydrogen) atoms. The van der Waals surface area contributed by atoms with Gasteiger partial charge in [-0.3, -0.25) is 4.72 Å². The van der Waals surface area contributed by atoms with E-state index >= 15 is 0 Å². The number of aryl methyl sites for hydroxylation is 2. The van der Waals surface area contributed by atoms with E-state index in [4.69, 9.17) is 16.3 Å². The van der Waals surface area contributed by atoms with Crippen molar-refractivity contribution in [3.63, 3.8) is 0 Å². The molecular weight excluding hydrogens is 312 g/mol. The third-order valence-electron chi connectivity index (χ3n) is 2.97. The Morgan fingerprint density at radius 2 is 1.95 bits per heavy atom. The second-order valence-electron chi connectivity index (χ2n) is 4.53. The number of hydrogen-bond acceptors (Lipinski definition) is 4. The summed E-state index contributed by atoms with van der Waals surface area (Å²) in [6.45, 7) is 3.54. The zero-order valence-corrected chi connectivity index (χ0v) is 13.4. The summed E-state index contributed by atoms with van der Waals surface area (Å²) in [5.41, 5.74) is 1.46. The van der Waals surface area contributed by atoms with E-state index < -0.39 is 10.0 Å². The van der Waals surface area contributed by atoms with Gasteiger partial charge in [0.05, 0.1) is 7.11 Å². The van der Waals surface area contributed by atoms with Crippen molar-refractivity contribution in [3.05, 3.63) is 46.6 Å². The van der Waals surface area contributed by atoms with E-state index in [1.165, 1.54) is 19.4 Å². The second-order valence-corrected chi connectivity index (χ2v) is 6.58. The SMILES string of the molecule is COc1cc(C)c(Cl)cc1S(=O)(=O)Nc1ncccc1C. The molecule has 2 aromatic rings. The minimum absolute atomic E-state index is 0.0225. The predicted octanol–water partition coefficient (Wildman–Crippen LogP) is 3.16. The highest BCUT2D eigenvalue weighted by molar-refractivity contribution is 7.92. The Labute approximate surface area is 129 Å². The maximum absolute atomic E-state index is 12.5. The molecular formula is C14H15ClN2O3S. The first-order valence-electron chi connectivity index (χ1n) is 6.13. The van der Waals surface area contributed by atoms with Crippen molar-refractivity contribution in [3.8, 4) is 5.75 Å². The van der Waals surface area contributed by atoms with Gasteiger partial charge in [0.15, 0.2) is 0 Å². The lowest BCUT2D eigenvalue weighted by molar-refractivity contribution is 0.402. The van der Waals surface area contributed by atoms with Gasteiger partial charge in [-0.1, -0.05) is 17.7 Å². The maximum Gasteiger partial charge on any atom is 0.266 e. The van der Waals surface area contributed by atoms with Gasteiger partial charge in [-0.2, -0.15) is 0 Å². The van der Waals surface area contributed by atoms with Gasteiger partial charge >= 0.3 is 0 Å². The largest absolute Gasteiger partial charge is 0.495 e. The normalized spacial score (nSPS) is 11.2. The second kappa shape index (κ2) is 5.91. The van der Waals surface area contributed by atoms with Crippen molar-refractivity contribution in [2.45, 2.75) is 18.7 Å². The van der Waals surface area contributed by atoms with E-state index in [-0.39, 0.29) is 16.5 Å². The average molecular weight is 327 g/mol. The number of benzene rings is 1. The van der Waals surface area contributed by atoms with E-state index in [0.717, 1.165) is 11.1 Å². The summed E-state index contributed by atoms with van der Waals surface area (Å²) >= 11 is 6.02. The van der Waals surface area contributed by atoms with Gasteiger partial charge in [0.25, 0.3) is 10.0 Å². The van der Waals surface area contributed by atoms with Crippen molar-refractivity contribution in [1.82, 2.24) is 4.98 Å². The van der Waals surface area contributed by atoms with Crippen LogP contribution in [0.15, 0.2) is 35.4 Å². The molecule has 7 heteroatoms. The van der Waals surface area contributed by atoms with Crippen LogP contribution in [-0.4, -0.2) is 20.5 Å². The molecule has 0 aliphatic carbocycles. The molecule has 0 saturated heterocycles. The Balaban J connectivity index is 2.50. The quantitative estimate of drug-likeness (QED) is 0.937. The molecule has 0 aliphatic rings. The molecule has 0 atom stereocenters. The third kappa shape index (κ3) is 3.28. The van der Waals surface area contributed by atoms with Gasteiger partial charge in [-0.25, -0.2) is 13.4 Å². The molecule has 0 unspecified atom stereocenters. The van der Waals surface area contributed by atoms with Gasteiger partial charge in [-0.15, -0.1) is 0 Å². The van der Waals surface area contributed by atoms with Crippen LogP contribution in [0.3, 0.4) is 0 Å². The van der Waals surface area contributed by atoms with Crippen molar-refractivity contribution < 1.29 is 13.2 Å². The summed E-state index contributed by atoms with van der Waals surface area (Å²) in [5.74, 6) is 0.509. The van der Waals surface area contributed by atoms with Crippen LogP contribution in [0.5, 0.6) is 5.75 Å². The lowest BCUT2D eigenvalue weighted by Crippen LogP contribution is -2.16. The van der Waals surface area contributed by atoms with Crippen LogP contribution in [0, 0.1) is 13.8 Å². The van der Waals surface area contributed by atoms with E-state index in [0.29, 0.717) is 5.02 Å². The van der Waals surface area contributed by atoms with Crippen molar-refractivity contribution >= 4 is 27.4 Å². The number of aromatic nitrogens is 1. The van der Waals surface area contributed by atoms with E-state index in [9.17, 15) is 8.42 Å². The molecule has 0 radical (unpaired) electrons. The fourth-order valence-corrected chi connectivity index (χ4v) is 3.27. The molecule has 1 aromatic carbocycles. The average Bonchev–Trinajstić information content (AvgIpc) is 2.43. The Morgan fingerprint density at radius 1 is 1.24 bits per heavy atom. The number of methoxy groups -OCH3 is 1. The molecule has 1 N–H and O–H groups in total. The Hall–Kier alpha value is -1.79. The Kier molecular flexibility index (Phi) is 4.39. The Morgan fingerprint density at radius 3 is 2.57 bits per heavy atom. The summed E-state index contributed by atoms with van der Waals surface area (Å²) < 4.78 is 32.6.